The number of aliphatic carboxylic acids is 1. The van der Waals surface area contributed by atoms with Gasteiger partial charge in [-0.15, -0.1) is 0 Å². The number of ether oxygens (including phenoxy) is 2. The first-order chi connectivity index (χ1) is 19.0. The van der Waals surface area contributed by atoms with Gasteiger partial charge in [-0.3, -0.25) is 4.90 Å². The van der Waals surface area contributed by atoms with Crippen molar-refractivity contribution >= 4 is 17.7 Å². The predicted octanol–water partition coefficient (Wildman–Crippen LogP) is 5.30. The van der Waals surface area contributed by atoms with Crippen LogP contribution in [0.15, 0.2) is 18.2 Å². The number of hydrogen-bond acceptors (Lipinski definition) is 6. The SMILES string of the molecule is CN(Cc1cc(N2CCOC(C)(C(=O)O)C2)cc(C(F)(F)F)c1)C1(C)CCN(C(=O)OC(C(F)(F)F)C(F)(F)F)CC1. The number of anilines is 1. The minimum atomic E-state index is -5.85. The van der Waals surface area contributed by atoms with Gasteiger partial charge in [0.05, 0.1) is 18.7 Å². The second-order valence-electron chi connectivity index (χ2n) is 10.9. The average molecular weight is 624 g/mol. The maximum atomic E-state index is 13.8. The summed E-state index contributed by atoms with van der Waals surface area (Å²) < 4.78 is 127. The molecule has 0 bridgehead atoms. The van der Waals surface area contributed by atoms with E-state index in [1.807, 2.05) is 0 Å². The van der Waals surface area contributed by atoms with Crippen LogP contribution >= 0.6 is 0 Å². The summed E-state index contributed by atoms with van der Waals surface area (Å²) in [7, 11) is 1.59. The van der Waals surface area contributed by atoms with Crippen LogP contribution in [0.25, 0.3) is 0 Å². The smallest absolute Gasteiger partial charge is 0.434 e. The van der Waals surface area contributed by atoms with Crippen molar-refractivity contribution in [1.29, 1.82) is 0 Å². The number of likely N-dealkylation sites (tertiary alicyclic amines) is 1. The number of benzene rings is 1. The number of hydrogen-bond donors (Lipinski definition) is 1. The maximum absolute atomic E-state index is 13.8. The zero-order valence-corrected chi connectivity index (χ0v) is 22.8. The Bertz CT molecular complexity index is 1140. The van der Waals surface area contributed by atoms with Crippen molar-refractivity contribution in [3.63, 3.8) is 0 Å². The number of carbonyl (C=O) groups excluding carboxylic acids is 1. The molecule has 1 aromatic carbocycles. The number of carboxylic acids is 1. The molecule has 2 aliphatic rings. The Morgan fingerprint density at radius 3 is 2.07 bits per heavy atom. The topological polar surface area (TPSA) is 82.6 Å². The number of nitrogens with zero attached hydrogens (tertiary/aromatic N) is 3. The highest BCUT2D eigenvalue weighted by Crippen LogP contribution is 2.38. The summed E-state index contributed by atoms with van der Waals surface area (Å²) in [4.78, 5) is 27.6. The van der Waals surface area contributed by atoms with Gasteiger partial charge in [0.25, 0.3) is 6.10 Å². The molecule has 0 aromatic heterocycles. The van der Waals surface area contributed by atoms with Gasteiger partial charge in [-0.25, -0.2) is 9.59 Å². The zero-order valence-electron chi connectivity index (χ0n) is 22.8. The number of alkyl halides is 9. The molecular weight excluding hydrogens is 593 g/mol. The molecule has 42 heavy (non-hydrogen) atoms. The molecule has 8 nitrogen and oxygen atoms in total. The molecule has 1 N–H and O–H groups in total. The summed E-state index contributed by atoms with van der Waals surface area (Å²) >= 11 is 0. The van der Waals surface area contributed by atoms with E-state index in [1.165, 1.54) is 17.9 Å². The number of carboxylic acid groups (broad SMARTS) is 1. The summed E-state index contributed by atoms with van der Waals surface area (Å²) in [5.41, 5.74) is -3.02. The number of rotatable bonds is 6. The lowest BCUT2D eigenvalue weighted by Gasteiger charge is -2.45. The van der Waals surface area contributed by atoms with E-state index in [9.17, 15) is 54.2 Å². The highest BCUT2D eigenvalue weighted by Gasteiger charge is 2.60. The van der Waals surface area contributed by atoms with Crippen molar-refractivity contribution in [2.45, 2.75) is 69.0 Å². The Morgan fingerprint density at radius 1 is 1.00 bits per heavy atom. The molecule has 1 atom stereocenters. The normalized spacial score (nSPS) is 22.0. The first-order valence-corrected chi connectivity index (χ1v) is 12.7. The summed E-state index contributed by atoms with van der Waals surface area (Å²) in [6.45, 7) is 2.40. The van der Waals surface area contributed by atoms with Crippen molar-refractivity contribution in [2.24, 2.45) is 0 Å². The Morgan fingerprint density at radius 2 is 1.57 bits per heavy atom. The Labute approximate surface area is 234 Å². The van der Waals surface area contributed by atoms with E-state index in [0.29, 0.717) is 0 Å². The van der Waals surface area contributed by atoms with E-state index in [2.05, 4.69) is 4.74 Å². The van der Waals surface area contributed by atoms with Crippen molar-refractivity contribution in [3.8, 4) is 0 Å². The first kappa shape index (κ1) is 33.6. The molecule has 2 heterocycles. The molecule has 2 fully saturated rings. The monoisotopic (exact) mass is 623 g/mol. The van der Waals surface area contributed by atoms with Crippen molar-refractivity contribution in [2.75, 3.05) is 44.7 Å². The van der Waals surface area contributed by atoms with Gasteiger partial charge >= 0.3 is 30.6 Å². The largest absolute Gasteiger partial charge is 0.479 e. The van der Waals surface area contributed by atoms with Crippen LogP contribution < -0.4 is 4.90 Å². The third-order valence-corrected chi connectivity index (χ3v) is 7.65. The number of amides is 1. The molecule has 17 heteroatoms. The quantitative estimate of drug-likeness (QED) is 0.431. The molecule has 1 amide bonds. The van der Waals surface area contributed by atoms with E-state index in [-0.39, 0.29) is 63.4 Å². The van der Waals surface area contributed by atoms with Crippen LogP contribution in [0.3, 0.4) is 0 Å². The van der Waals surface area contributed by atoms with Gasteiger partial charge in [0.2, 0.25) is 0 Å². The molecule has 2 saturated heterocycles. The van der Waals surface area contributed by atoms with Gasteiger partial charge in [-0.05, 0) is 57.5 Å². The van der Waals surface area contributed by atoms with E-state index in [1.54, 1.807) is 18.9 Å². The fourth-order valence-electron chi connectivity index (χ4n) is 4.84. The second kappa shape index (κ2) is 11.6. The van der Waals surface area contributed by atoms with Gasteiger partial charge in [0.15, 0.2) is 5.60 Å². The fourth-order valence-corrected chi connectivity index (χ4v) is 4.84. The van der Waals surface area contributed by atoms with Crippen LogP contribution in [0.4, 0.5) is 50.0 Å². The Kier molecular flexibility index (Phi) is 9.28. The third-order valence-electron chi connectivity index (χ3n) is 7.65. The number of piperidine rings is 1. The Hall–Kier alpha value is -2.95. The van der Waals surface area contributed by atoms with E-state index < -0.39 is 53.4 Å². The minimum Gasteiger partial charge on any atom is -0.479 e. The molecule has 0 radical (unpaired) electrons. The minimum absolute atomic E-state index is 0.0298. The predicted molar refractivity (Wildman–Crippen MR) is 129 cm³/mol. The summed E-state index contributed by atoms with van der Waals surface area (Å²) in [5, 5.41) is 9.49. The average Bonchev–Trinajstić information content (AvgIpc) is 2.85. The molecule has 1 unspecified atom stereocenters. The number of halogens is 9. The van der Waals surface area contributed by atoms with Crippen LogP contribution in [-0.4, -0.2) is 96.4 Å². The molecular formula is C25H30F9N3O5. The summed E-state index contributed by atoms with van der Waals surface area (Å²) in [5.74, 6) is -1.27. The summed E-state index contributed by atoms with van der Waals surface area (Å²) in [6.07, 6.45) is -22.3. The molecule has 0 spiro atoms. The van der Waals surface area contributed by atoms with Crippen LogP contribution in [0.1, 0.15) is 37.8 Å². The van der Waals surface area contributed by atoms with Crippen LogP contribution in [0.2, 0.25) is 0 Å². The molecule has 0 aliphatic carbocycles. The van der Waals surface area contributed by atoms with Gasteiger partial charge in [0, 0.05) is 37.4 Å². The standard InChI is InChI=1S/C25H30F9N3O5/c1-21(4-6-36(7-5-21)20(40)42-18(24(29,30)31)25(32,33)34)35(3)13-15-10-16(23(26,27)28)12-17(11-15)37-8-9-41-22(2,14-37)19(38)39/h10-12,18H,4-9,13-14H2,1-3H3,(H,38,39). The zero-order chi connectivity index (χ0) is 31.9. The van der Waals surface area contributed by atoms with E-state index in [0.717, 1.165) is 17.0 Å². The van der Waals surface area contributed by atoms with Crippen LogP contribution in [0, 0.1) is 0 Å². The van der Waals surface area contributed by atoms with Crippen LogP contribution in [-0.2, 0) is 27.0 Å². The lowest BCUT2D eigenvalue weighted by molar-refractivity contribution is -0.308. The lowest BCUT2D eigenvalue weighted by atomic mass is 9.87. The second-order valence-corrected chi connectivity index (χ2v) is 10.9. The first-order valence-electron chi connectivity index (χ1n) is 12.7. The maximum Gasteiger partial charge on any atom is 0.434 e. The third kappa shape index (κ3) is 7.71. The van der Waals surface area contributed by atoms with Crippen molar-refractivity contribution in [1.82, 2.24) is 9.80 Å². The van der Waals surface area contributed by atoms with Crippen LogP contribution in [0.5, 0.6) is 0 Å². The molecule has 0 saturated carbocycles. The van der Waals surface area contributed by atoms with Gasteiger partial charge in [-0.2, -0.15) is 39.5 Å². The molecule has 3 rings (SSSR count). The Balaban J connectivity index is 1.74. The highest BCUT2D eigenvalue weighted by atomic mass is 19.4. The van der Waals surface area contributed by atoms with Gasteiger partial charge in [-0.1, -0.05) is 0 Å². The summed E-state index contributed by atoms with van der Waals surface area (Å²) in [6, 6.07) is 3.35. The van der Waals surface area contributed by atoms with Crippen molar-refractivity contribution < 1.29 is 63.7 Å². The van der Waals surface area contributed by atoms with E-state index in [4.69, 9.17) is 4.74 Å². The molecule has 2 aliphatic heterocycles. The van der Waals surface area contributed by atoms with Crippen molar-refractivity contribution in [3.05, 3.63) is 29.3 Å². The van der Waals surface area contributed by atoms with E-state index >= 15 is 0 Å². The van der Waals surface area contributed by atoms with Gasteiger partial charge in [0.1, 0.15) is 0 Å². The molecule has 1 aromatic rings. The lowest BCUT2D eigenvalue weighted by Crippen LogP contribution is -2.55. The number of carbonyl (C=O) groups is 2. The highest BCUT2D eigenvalue weighted by molar-refractivity contribution is 5.78. The number of morpholine rings is 1. The van der Waals surface area contributed by atoms with Gasteiger partial charge < -0.3 is 24.4 Å². The molecule has 238 valence electrons. The fraction of sp³-hybridized carbons (Fsp3) is 0.680.